The average molecular weight is 248 g/mol. The summed E-state index contributed by atoms with van der Waals surface area (Å²) in [6.45, 7) is 2.53. The van der Waals surface area contributed by atoms with Gasteiger partial charge in [0.2, 0.25) is 5.91 Å². The van der Waals surface area contributed by atoms with E-state index in [1.807, 2.05) is 4.90 Å². The molecule has 1 aromatic carbocycles. The fourth-order valence-corrected chi connectivity index (χ4v) is 2.32. The third-order valence-electron chi connectivity index (χ3n) is 3.36. The van der Waals surface area contributed by atoms with E-state index in [1.54, 1.807) is 25.1 Å². The summed E-state index contributed by atoms with van der Waals surface area (Å²) in [7, 11) is 0. The number of aryl methyl sites for hydroxylation is 1. The van der Waals surface area contributed by atoms with Gasteiger partial charge in [-0.3, -0.25) is 4.79 Å². The van der Waals surface area contributed by atoms with Gasteiger partial charge in [-0.25, -0.2) is 4.79 Å². The molecule has 0 aromatic heterocycles. The number of carboxylic acid groups (broad SMARTS) is 1. The summed E-state index contributed by atoms with van der Waals surface area (Å²) >= 11 is 0. The third kappa shape index (κ3) is 2.16. The molecule has 1 aromatic rings. The summed E-state index contributed by atoms with van der Waals surface area (Å²) in [6.07, 6.45) is 1.73. The standard InChI is InChI=1S/C13H16N2O3/c1-8(12(14)16)15-6-2-3-9-7-10(13(17)18)4-5-11(9)15/h4-5,7-8H,2-3,6H2,1H3,(H2,14,16)(H,17,18). The van der Waals surface area contributed by atoms with E-state index < -0.39 is 5.97 Å². The Morgan fingerprint density at radius 1 is 1.44 bits per heavy atom. The van der Waals surface area contributed by atoms with Crippen LogP contribution in [0.15, 0.2) is 18.2 Å². The average Bonchev–Trinajstić information content (AvgIpc) is 2.36. The summed E-state index contributed by atoms with van der Waals surface area (Å²) in [5.74, 6) is -1.30. The zero-order valence-electron chi connectivity index (χ0n) is 10.2. The van der Waals surface area contributed by atoms with E-state index in [4.69, 9.17) is 10.8 Å². The normalized spacial score (nSPS) is 15.9. The Morgan fingerprint density at radius 3 is 2.78 bits per heavy atom. The van der Waals surface area contributed by atoms with Crippen molar-refractivity contribution in [3.63, 3.8) is 0 Å². The SMILES string of the molecule is CC(C(N)=O)N1CCCc2cc(C(=O)O)ccc21. The Morgan fingerprint density at radius 2 is 2.17 bits per heavy atom. The van der Waals surface area contributed by atoms with Gasteiger partial charge in [-0.2, -0.15) is 0 Å². The zero-order chi connectivity index (χ0) is 13.3. The van der Waals surface area contributed by atoms with Crippen LogP contribution < -0.4 is 10.6 Å². The van der Waals surface area contributed by atoms with Gasteiger partial charge >= 0.3 is 5.97 Å². The molecule has 96 valence electrons. The highest BCUT2D eigenvalue weighted by Crippen LogP contribution is 2.29. The lowest BCUT2D eigenvalue weighted by molar-refractivity contribution is -0.119. The second kappa shape index (κ2) is 4.68. The summed E-state index contributed by atoms with van der Waals surface area (Å²) < 4.78 is 0. The fraction of sp³-hybridized carbons (Fsp3) is 0.385. The van der Waals surface area contributed by atoms with Gasteiger partial charge in [-0.1, -0.05) is 0 Å². The number of hydrogen-bond donors (Lipinski definition) is 2. The quantitative estimate of drug-likeness (QED) is 0.836. The van der Waals surface area contributed by atoms with Gasteiger partial charge in [0.25, 0.3) is 0 Å². The second-order valence-corrected chi connectivity index (χ2v) is 4.52. The molecule has 1 amide bonds. The molecule has 0 saturated heterocycles. The van der Waals surface area contributed by atoms with Crippen LogP contribution in [0.3, 0.4) is 0 Å². The van der Waals surface area contributed by atoms with Crippen LogP contribution in [0.2, 0.25) is 0 Å². The monoisotopic (exact) mass is 248 g/mol. The van der Waals surface area contributed by atoms with E-state index >= 15 is 0 Å². The molecule has 18 heavy (non-hydrogen) atoms. The maximum absolute atomic E-state index is 11.3. The Kier molecular flexibility index (Phi) is 3.23. The smallest absolute Gasteiger partial charge is 0.335 e. The van der Waals surface area contributed by atoms with Gasteiger partial charge in [-0.05, 0) is 43.5 Å². The number of rotatable bonds is 3. The molecule has 1 aliphatic rings. The van der Waals surface area contributed by atoms with Crippen LogP contribution in [-0.2, 0) is 11.2 Å². The number of benzene rings is 1. The number of nitrogens with two attached hydrogens (primary N) is 1. The summed E-state index contributed by atoms with van der Waals surface area (Å²) in [6, 6.07) is 4.63. The maximum Gasteiger partial charge on any atom is 0.335 e. The summed E-state index contributed by atoms with van der Waals surface area (Å²) in [5.41, 5.74) is 7.49. The predicted molar refractivity (Wildman–Crippen MR) is 67.7 cm³/mol. The molecule has 1 heterocycles. The maximum atomic E-state index is 11.3. The van der Waals surface area contributed by atoms with Gasteiger partial charge in [0.05, 0.1) is 5.56 Å². The van der Waals surface area contributed by atoms with E-state index in [9.17, 15) is 9.59 Å². The lowest BCUT2D eigenvalue weighted by Gasteiger charge is -2.34. The lowest BCUT2D eigenvalue weighted by atomic mass is 9.98. The minimum Gasteiger partial charge on any atom is -0.478 e. The number of aromatic carboxylic acids is 1. The molecule has 1 atom stereocenters. The number of carbonyl (C=O) groups is 2. The highest BCUT2D eigenvalue weighted by Gasteiger charge is 2.25. The molecular weight excluding hydrogens is 232 g/mol. The molecule has 2 rings (SSSR count). The number of carbonyl (C=O) groups excluding carboxylic acids is 1. The van der Waals surface area contributed by atoms with Gasteiger partial charge in [0, 0.05) is 12.2 Å². The van der Waals surface area contributed by atoms with Crippen molar-refractivity contribution in [1.82, 2.24) is 0 Å². The van der Waals surface area contributed by atoms with Gasteiger partial charge in [-0.15, -0.1) is 0 Å². The first-order valence-electron chi connectivity index (χ1n) is 5.93. The minimum absolute atomic E-state index is 0.280. The van der Waals surface area contributed by atoms with Crippen molar-refractivity contribution >= 4 is 17.6 Å². The summed E-state index contributed by atoms with van der Waals surface area (Å²) in [5, 5.41) is 8.96. The summed E-state index contributed by atoms with van der Waals surface area (Å²) in [4.78, 5) is 24.1. The molecule has 0 fully saturated rings. The Labute approximate surface area is 105 Å². The van der Waals surface area contributed by atoms with Crippen molar-refractivity contribution in [3.8, 4) is 0 Å². The molecule has 0 aliphatic carbocycles. The molecule has 3 N–H and O–H groups in total. The van der Waals surface area contributed by atoms with E-state index in [2.05, 4.69) is 0 Å². The molecule has 0 saturated carbocycles. The Hall–Kier alpha value is -2.04. The number of fused-ring (bicyclic) bond motifs is 1. The van der Waals surface area contributed by atoms with Crippen molar-refractivity contribution < 1.29 is 14.7 Å². The van der Waals surface area contributed by atoms with Crippen LogP contribution in [-0.4, -0.2) is 29.6 Å². The molecule has 1 unspecified atom stereocenters. The molecule has 0 radical (unpaired) electrons. The van der Waals surface area contributed by atoms with Gasteiger partial charge in [0.15, 0.2) is 0 Å². The first-order chi connectivity index (χ1) is 8.50. The largest absolute Gasteiger partial charge is 0.478 e. The highest BCUT2D eigenvalue weighted by atomic mass is 16.4. The second-order valence-electron chi connectivity index (χ2n) is 4.52. The molecule has 1 aliphatic heterocycles. The highest BCUT2D eigenvalue weighted by molar-refractivity contribution is 5.89. The van der Waals surface area contributed by atoms with Crippen LogP contribution in [0.4, 0.5) is 5.69 Å². The number of carboxylic acids is 1. The first-order valence-corrected chi connectivity index (χ1v) is 5.93. The van der Waals surface area contributed by atoms with Crippen LogP contribution in [0.25, 0.3) is 0 Å². The van der Waals surface area contributed by atoms with Crippen LogP contribution in [0, 0.1) is 0 Å². The molecular formula is C13H16N2O3. The number of anilines is 1. The van der Waals surface area contributed by atoms with Crippen LogP contribution >= 0.6 is 0 Å². The number of primary amides is 1. The van der Waals surface area contributed by atoms with E-state index in [0.717, 1.165) is 30.6 Å². The molecule has 0 spiro atoms. The van der Waals surface area contributed by atoms with Crippen molar-refractivity contribution in [2.75, 3.05) is 11.4 Å². The topological polar surface area (TPSA) is 83.6 Å². The van der Waals surface area contributed by atoms with Crippen molar-refractivity contribution in [3.05, 3.63) is 29.3 Å². The van der Waals surface area contributed by atoms with Crippen molar-refractivity contribution in [1.29, 1.82) is 0 Å². The lowest BCUT2D eigenvalue weighted by Crippen LogP contribution is -2.45. The van der Waals surface area contributed by atoms with Gasteiger partial charge < -0.3 is 15.7 Å². The first kappa shape index (κ1) is 12.4. The van der Waals surface area contributed by atoms with Crippen molar-refractivity contribution in [2.24, 2.45) is 5.73 Å². The molecule has 5 heteroatoms. The number of hydrogen-bond acceptors (Lipinski definition) is 3. The van der Waals surface area contributed by atoms with E-state index in [0.29, 0.717) is 0 Å². The van der Waals surface area contributed by atoms with Crippen molar-refractivity contribution in [2.45, 2.75) is 25.8 Å². The number of amides is 1. The Bertz CT molecular complexity index is 499. The zero-order valence-corrected chi connectivity index (χ0v) is 10.2. The third-order valence-corrected chi connectivity index (χ3v) is 3.36. The van der Waals surface area contributed by atoms with Gasteiger partial charge in [0.1, 0.15) is 6.04 Å². The predicted octanol–water partition coefficient (Wildman–Crippen LogP) is 1.01. The molecule has 0 bridgehead atoms. The van der Waals surface area contributed by atoms with E-state index in [1.165, 1.54) is 0 Å². The number of nitrogens with zero attached hydrogens (tertiary/aromatic N) is 1. The van der Waals surface area contributed by atoms with Crippen LogP contribution in [0.5, 0.6) is 0 Å². The minimum atomic E-state index is -0.933. The molecule has 5 nitrogen and oxygen atoms in total. The Balaban J connectivity index is 2.38. The van der Waals surface area contributed by atoms with Crippen LogP contribution in [0.1, 0.15) is 29.3 Å². The fourth-order valence-electron chi connectivity index (χ4n) is 2.32. The van der Waals surface area contributed by atoms with E-state index in [-0.39, 0.29) is 17.5 Å².